The first-order valence-electron chi connectivity index (χ1n) is 4.17. The molecule has 0 radical (unpaired) electrons. The van der Waals surface area contributed by atoms with Crippen molar-refractivity contribution in [3.05, 3.63) is 36.2 Å². The Labute approximate surface area is 85.2 Å². The summed E-state index contributed by atoms with van der Waals surface area (Å²) in [6, 6.07) is 0. The first-order chi connectivity index (χ1) is 7.05. The molecule has 0 N–H and O–H groups in total. The molecule has 0 fully saturated rings. The Morgan fingerprint density at radius 2 is 2.07 bits per heavy atom. The fourth-order valence-corrected chi connectivity index (χ4v) is 1.10. The molecule has 15 heavy (non-hydrogen) atoms. The zero-order valence-corrected chi connectivity index (χ0v) is 7.83. The number of alkyl halides is 3. The molecule has 0 atom stereocenters. The first-order valence-corrected chi connectivity index (χ1v) is 4.17. The number of hydrogen-bond acceptors (Lipinski definition) is 2. The molecule has 1 aliphatic rings. The third-order valence-electron chi connectivity index (χ3n) is 1.73. The molecule has 5 heteroatoms. The van der Waals surface area contributed by atoms with Gasteiger partial charge in [-0.1, -0.05) is 12.2 Å². The number of allylic oxidation sites excluding steroid dienone is 4. The third kappa shape index (κ3) is 3.19. The van der Waals surface area contributed by atoms with E-state index < -0.39 is 11.7 Å². The van der Waals surface area contributed by atoms with Crippen LogP contribution in [0, 0.1) is 0 Å². The highest BCUT2D eigenvalue weighted by Crippen LogP contribution is 2.29. The Bertz CT molecular complexity index is 359. The van der Waals surface area contributed by atoms with Crippen LogP contribution in [0.4, 0.5) is 13.2 Å². The van der Waals surface area contributed by atoms with E-state index in [1.807, 2.05) is 0 Å². The highest BCUT2D eigenvalue weighted by Gasteiger charge is 2.36. The molecular formula is C10H9F3N2. The predicted molar refractivity (Wildman–Crippen MR) is 54.0 cm³/mol. The molecule has 0 aromatic rings. The Morgan fingerprint density at radius 3 is 2.67 bits per heavy atom. The molecule has 0 aromatic heterocycles. The fraction of sp³-hybridized carbons (Fsp3) is 0.200. The maximum Gasteiger partial charge on any atom is 0.418 e. The molecule has 80 valence electrons. The van der Waals surface area contributed by atoms with Crippen molar-refractivity contribution in [2.24, 2.45) is 9.98 Å². The minimum Gasteiger partial charge on any atom is -0.271 e. The normalized spacial score (nSPS) is 19.7. The summed E-state index contributed by atoms with van der Waals surface area (Å²) in [5, 5.41) is 0. The van der Waals surface area contributed by atoms with E-state index in [2.05, 4.69) is 16.7 Å². The van der Waals surface area contributed by atoms with Crippen LogP contribution in [0.25, 0.3) is 0 Å². The number of nitrogens with zero attached hydrogens (tertiary/aromatic N) is 2. The van der Waals surface area contributed by atoms with Crippen molar-refractivity contribution in [1.29, 1.82) is 0 Å². The summed E-state index contributed by atoms with van der Waals surface area (Å²) in [4.78, 5) is 7.03. The van der Waals surface area contributed by atoms with Gasteiger partial charge < -0.3 is 0 Å². The standard InChI is InChI=1S/C10H9F3N2/c1-14-6-7-15-9-5-3-2-4-8(9)10(11,12)13/h2-4,6-7H,1,5H2/b7-6-,15-9?. The molecule has 1 aliphatic carbocycles. The lowest BCUT2D eigenvalue weighted by Crippen LogP contribution is -2.20. The average molecular weight is 214 g/mol. The zero-order valence-electron chi connectivity index (χ0n) is 7.83. The quantitative estimate of drug-likeness (QED) is 0.631. The van der Waals surface area contributed by atoms with Crippen LogP contribution in [-0.4, -0.2) is 18.6 Å². The van der Waals surface area contributed by atoms with E-state index >= 15 is 0 Å². The zero-order chi connectivity index (χ0) is 11.3. The number of aliphatic imine (C=N–C) groups is 2. The third-order valence-corrected chi connectivity index (χ3v) is 1.73. The number of rotatable bonds is 2. The Kier molecular flexibility index (Phi) is 3.60. The molecule has 0 unspecified atom stereocenters. The van der Waals surface area contributed by atoms with E-state index in [1.165, 1.54) is 18.5 Å². The van der Waals surface area contributed by atoms with Gasteiger partial charge >= 0.3 is 6.18 Å². The summed E-state index contributed by atoms with van der Waals surface area (Å²) in [5.74, 6) is 0. The van der Waals surface area contributed by atoms with Gasteiger partial charge in [0.1, 0.15) is 0 Å². The van der Waals surface area contributed by atoms with E-state index in [0.29, 0.717) is 0 Å². The second-order valence-electron chi connectivity index (χ2n) is 2.77. The lowest BCUT2D eigenvalue weighted by Gasteiger charge is -2.14. The van der Waals surface area contributed by atoms with Crippen molar-refractivity contribution in [3.8, 4) is 0 Å². The van der Waals surface area contributed by atoms with Crippen LogP contribution in [0.15, 0.2) is 46.2 Å². The van der Waals surface area contributed by atoms with E-state index in [9.17, 15) is 13.2 Å². The van der Waals surface area contributed by atoms with Gasteiger partial charge in [0.2, 0.25) is 0 Å². The maximum atomic E-state index is 12.5. The highest BCUT2D eigenvalue weighted by molar-refractivity contribution is 6.03. The van der Waals surface area contributed by atoms with Gasteiger partial charge in [0, 0.05) is 18.8 Å². The van der Waals surface area contributed by atoms with Crippen molar-refractivity contribution < 1.29 is 13.2 Å². The van der Waals surface area contributed by atoms with E-state index in [1.54, 1.807) is 6.08 Å². The predicted octanol–water partition coefficient (Wildman–Crippen LogP) is 3.05. The van der Waals surface area contributed by atoms with Gasteiger partial charge in [0.25, 0.3) is 0 Å². The van der Waals surface area contributed by atoms with Gasteiger partial charge in [-0.3, -0.25) is 9.98 Å². The van der Waals surface area contributed by atoms with Gasteiger partial charge in [-0.05, 0) is 12.8 Å². The van der Waals surface area contributed by atoms with Crippen LogP contribution < -0.4 is 0 Å². The minimum atomic E-state index is -4.36. The second-order valence-corrected chi connectivity index (χ2v) is 2.77. The molecule has 0 saturated heterocycles. The Hall–Kier alpha value is -1.65. The smallest absolute Gasteiger partial charge is 0.271 e. The highest BCUT2D eigenvalue weighted by atomic mass is 19.4. The van der Waals surface area contributed by atoms with Crippen molar-refractivity contribution in [2.75, 3.05) is 0 Å². The molecule has 2 nitrogen and oxygen atoms in total. The van der Waals surface area contributed by atoms with E-state index in [0.717, 1.165) is 6.08 Å². The lowest BCUT2D eigenvalue weighted by atomic mass is 10.0. The Balaban J connectivity index is 2.95. The van der Waals surface area contributed by atoms with Gasteiger partial charge in [-0.2, -0.15) is 13.2 Å². The fourth-order valence-electron chi connectivity index (χ4n) is 1.10. The second kappa shape index (κ2) is 4.72. The number of halogens is 3. The molecule has 0 aromatic carbocycles. The van der Waals surface area contributed by atoms with Gasteiger partial charge in [0.15, 0.2) is 0 Å². The van der Waals surface area contributed by atoms with Crippen LogP contribution in [0.2, 0.25) is 0 Å². The molecule has 0 saturated carbocycles. The molecule has 0 heterocycles. The summed E-state index contributed by atoms with van der Waals surface area (Å²) in [5.41, 5.74) is -0.719. The Morgan fingerprint density at radius 1 is 1.33 bits per heavy atom. The van der Waals surface area contributed by atoms with Crippen LogP contribution in [-0.2, 0) is 0 Å². The molecule has 0 amide bonds. The molecular weight excluding hydrogens is 205 g/mol. The largest absolute Gasteiger partial charge is 0.418 e. The topological polar surface area (TPSA) is 24.7 Å². The van der Waals surface area contributed by atoms with Gasteiger partial charge in [0.05, 0.1) is 11.3 Å². The molecule has 0 bridgehead atoms. The summed E-state index contributed by atoms with van der Waals surface area (Å²) in [6.45, 7) is 3.15. The lowest BCUT2D eigenvalue weighted by molar-refractivity contribution is -0.0862. The SMILES string of the molecule is C=N/C=C\N=C1CC=CC=C1C(F)(F)F. The van der Waals surface area contributed by atoms with Gasteiger partial charge in [-0.25, -0.2) is 0 Å². The van der Waals surface area contributed by atoms with Crippen molar-refractivity contribution >= 4 is 12.4 Å². The summed E-state index contributed by atoms with van der Waals surface area (Å²) >= 11 is 0. The summed E-state index contributed by atoms with van der Waals surface area (Å²) in [7, 11) is 0. The monoisotopic (exact) mass is 214 g/mol. The minimum absolute atomic E-state index is 0.00935. The molecule has 0 spiro atoms. The molecule has 0 aliphatic heterocycles. The first kappa shape index (κ1) is 11.4. The van der Waals surface area contributed by atoms with E-state index in [-0.39, 0.29) is 12.1 Å². The van der Waals surface area contributed by atoms with Crippen LogP contribution >= 0.6 is 0 Å². The average Bonchev–Trinajstić information content (AvgIpc) is 2.17. The van der Waals surface area contributed by atoms with Crippen LogP contribution in [0.1, 0.15) is 6.42 Å². The van der Waals surface area contributed by atoms with Crippen LogP contribution in [0.3, 0.4) is 0 Å². The maximum absolute atomic E-state index is 12.5. The van der Waals surface area contributed by atoms with E-state index in [4.69, 9.17) is 0 Å². The number of hydrogen-bond donors (Lipinski definition) is 0. The van der Waals surface area contributed by atoms with Gasteiger partial charge in [-0.15, -0.1) is 0 Å². The van der Waals surface area contributed by atoms with Crippen molar-refractivity contribution in [3.63, 3.8) is 0 Å². The molecule has 1 rings (SSSR count). The van der Waals surface area contributed by atoms with Crippen LogP contribution in [0.5, 0.6) is 0 Å². The van der Waals surface area contributed by atoms with Crippen molar-refractivity contribution in [2.45, 2.75) is 12.6 Å². The van der Waals surface area contributed by atoms with Crippen molar-refractivity contribution in [1.82, 2.24) is 0 Å². The summed E-state index contributed by atoms with van der Waals surface area (Å²) in [6.07, 6.45) is 2.24. The summed E-state index contributed by atoms with van der Waals surface area (Å²) < 4.78 is 37.4.